The number of hydrogen-bond acceptors (Lipinski definition) is 4. The van der Waals surface area contributed by atoms with Crippen LogP contribution in [0.3, 0.4) is 0 Å². The first kappa shape index (κ1) is 12.0. The average Bonchev–Trinajstić information content (AvgIpc) is 2.15. The fraction of sp³-hybridized carbons (Fsp3) is 0.600. The van der Waals surface area contributed by atoms with E-state index in [1.54, 1.807) is 0 Å². The van der Waals surface area contributed by atoms with Gasteiger partial charge in [-0.1, -0.05) is 20.3 Å². The van der Waals surface area contributed by atoms with Gasteiger partial charge in [0, 0.05) is 6.54 Å². The molecule has 0 aliphatic heterocycles. The molecule has 5 heteroatoms. The number of nitrogens with zero attached hydrogens (tertiary/aromatic N) is 2. The van der Waals surface area contributed by atoms with Crippen molar-refractivity contribution >= 4 is 23.1 Å². The van der Waals surface area contributed by atoms with E-state index in [-0.39, 0.29) is 5.28 Å². The molecule has 1 aromatic heterocycles. The van der Waals surface area contributed by atoms with Gasteiger partial charge in [0.2, 0.25) is 5.28 Å². The molecule has 0 bridgehead atoms. The number of hydrogen-bond donors (Lipinski definition) is 2. The summed E-state index contributed by atoms with van der Waals surface area (Å²) < 4.78 is 0. The maximum absolute atomic E-state index is 5.75. The Kier molecular flexibility index (Phi) is 4.15. The maximum Gasteiger partial charge on any atom is 0.224 e. The molecule has 1 atom stereocenters. The topological polar surface area (TPSA) is 63.8 Å². The highest BCUT2D eigenvalue weighted by molar-refractivity contribution is 6.28. The van der Waals surface area contributed by atoms with Gasteiger partial charge in [0.25, 0.3) is 0 Å². The summed E-state index contributed by atoms with van der Waals surface area (Å²) in [4.78, 5) is 7.96. The van der Waals surface area contributed by atoms with Crippen molar-refractivity contribution in [2.75, 3.05) is 17.6 Å². The van der Waals surface area contributed by atoms with Crippen LogP contribution in [0, 0.1) is 12.8 Å². The molecular weight excluding hydrogens is 212 g/mol. The first-order valence-corrected chi connectivity index (χ1v) is 5.45. The summed E-state index contributed by atoms with van der Waals surface area (Å²) in [5, 5.41) is 3.44. The standard InChI is InChI=1S/C10H17ClN4/c1-4-6(2)5-13-8-7(3)14-10(11)15-9(8)12/h6,13H,4-5H2,1-3H3,(H2,12,14,15). The molecule has 1 aromatic rings. The van der Waals surface area contributed by atoms with Gasteiger partial charge in [0.15, 0.2) is 5.82 Å². The summed E-state index contributed by atoms with van der Waals surface area (Å²) in [6, 6.07) is 0. The van der Waals surface area contributed by atoms with Gasteiger partial charge in [-0.15, -0.1) is 0 Å². The summed E-state index contributed by atoms with van der Waals surface area (Å²) >= 11 is 5.68. The van der Waals surface area contributed by atoms with Crippen molar-refractivity contribution < 1.29 is 0 Å². The van der Waals surface area contributed by atoms with Crippen LogP contribution in [0.2, 0.25) is 5.28 Å². The van der Waals surface area contributed by atoms with E-state index in [0.29, 0.717) is 11.7 Å². The second-order valence-corrected chi connectivity index (χ2v) is 4.07. The Morgan fingerprint density at radius 1 is 1.47 bits per heavy atom. The van der Waals surface area contributed by atoms with Crippen molar-refractivity contribution in [3.05, 3.63) is 11.0 Å². The zero-order valence-electron chi connectivity index (χ0n) is 9.34. The molecule has 0 aliphatic rings. The second kappa shape index (κ2) is 5.16. The van der Waals surface area contributed by atoms with Crippen LogP contribution in [-0.2, 0) is 0 Å². The van der Waals surface area contributed by atoms with Gasteiger partial charge in [0.05, 0.1) is 11.4 Å². The molecule has 0 spiro atoms. The summed E-state index contributed by atoms with van der Waals surface area (Å²) in [6.45, 7) is 7.06. The minimum atomic E-state index is 0.194. The van der Waals surface area contributed by atoms with E-state index in [2.05, 4.69) is 29.1 Å². The molecule has 0 aliphatic carbocycles. The van der Waals surface area contributed by atoms with Crippen LogP contribution >= 0.6 is 11.6 Å². The Morgan fingerprint density at radius 2 is 2.13 bits per heavy atom. The maximum atomic E-state index is 5.75. The Labute approximate surface area is 95.3 Å². The number of aryl methyl sites for hydroxylation is 1. The van der Waals surface area contributed by atoms with E-state index in [1.165, 1.54) is 0 Å². The Morgan fingerprint density at radius 3 is 2.67 bits per heavy atom. The normalized spacial score (nSPS) is 12.5. The molecule has 15 heavy (non-hydrogen) atoms. The lowest BCUT2D eigenvalue weighted by Crippen LogP contribution is -2.14. The number of anilines is 2. The predicted molar refractivity (Wildman–Crippen MR) is 64.1 cm³/mol. The highest BCUT2D eigenvalue weighted by atomic mass is 35.5. The van der Waals surface area contributed by atoms with Crippen molar-refractivity contribution in [1.29, 1.82) is 0 Å². The van der Waals surface area contributed by atoms with E-state index in [4.69, 9.17) is 17.3 Å². The largest absolute Gasteiger partial charge is 0.382 e. The van der Waals surface area contributed by atoms with Gasteiger partial charge < -0.3 is 11.1 Å². The van der Waals surface area contributed by atoms with Crippen LogP contribution in [0.1, 0.15) is 26.0 Å². The Bertz CT molecular complexity index is 317. The van der Waals surface area contributed by atoms with Crippen LogP contribution in [0.4, 0.5) is 11.5 Å². The van der Waals surface area contributed by atoms with E-state index in [1.807, 2.05) is 6.92 Å². The van der Waals surface area contributed by atoms with Crippen LogP contribution in [0.15, 0.2) is 0 Å². The fourth-order valence-corrected chi connectivity index (χ4v) is 1.42. The third kappa shape index (κ3) is 3.23. The van der Waals surface area contributed by atoms with E-state index < -0.39 is 0 Å². The molecule has 4 nitrogen and oxygen atoms in total. The zero-order valence-corrected chi connectivity index (χ0v) is 10.1. The number of halogens is 1. The highest BCUT2D eigenvalue weighted by Gasteiger charge is 2.08. The molecule has 0 saturated heterocycles. The molecule has 0 radical (unpaired) electrons. The van der Waals surface area contributed by atoms with Crippen molar-refractivity contribution in [3.63, 3.8) is 0 Å². The minimum absolute atomic E-state index is 0.194. The van der Waals surface area contributed by atoms with Crippen molar-refractivity contribution in [1.82, 2.24) is 9.97 Å². The summed E-state index contributed by atoms with van der Waals surface area (Å²) in [5.41, 5.74) is 7.33. The third-order valence-electron chi connectivity index (χ3n) is 2.41. The molecule has 3 N–H and O–H groups in total. The third-order valence-corrected chi connectivity index (χ3v) is 2.58. The summed E-state index contributed by atoms with van der Waals surface area (Å²) in [6.07, 6.45) is 1.13. The van der Waals surface area contributed by atoms with Gasteiger partial charge in [-0.25, -0.2) is 4.98 Å². The molecule has 0 fully saturated rings. The molecular formula is C10H17ClN4. The molecule has 0 amide bonds. The van der Waals surface area contributed by atoms with Crippen LogP contribution < -0.4 is 11.1 Å². The van der Waals surface area contributed by atoms with Crippen LogP contribution in [0.25, 0.3) is 0 Å². The second-order valence-electron chi connectivity index (χ2n) is 3.73. The van der Waals surface area contributed by atoms with Crippen molar-refractivity contribution in [3.8, 4) is 0 Å². The monoisotopic (exact) mass is 228 g/mol. The van der Waals surface area contributed by atoms with E-state index in [0.717, 1.165) is 24.3 Å². The molecule has 1 rings (SSSR count). The van der Waals surface area contributed by atoms with Crippen LogP contribution in [-0.4, -0.2) is 16.5 Å². The van der Waals surface area contributed by atoms with Crippen molar-refractivity contribution in [2.24, 2.45) is 5.92 Å². The lowest BCUT2D eigenvalue weighted by molar-refractivity contribution is 0.593. The molecule has 1 heterocycles. The number of rotatable bonds is 4. The van der Waals surface area contributed by atoms with Gasteiger partial charge >= 0.3 is 0 Å². The Hall–Kier alpha value is -1.03. The van der Waals surface area contributed by atoms with E-state index in [9.17, 15) is 0 Å². The first-order valence-electron chi connectivity index (χ1n) is 5.08. The molecule has 1 unspecified atom stereocenters. The van der Waals surface area contributed by atoms with Gasteiger partial charge in [0.1, 0.15) is 0 Å². The average molecular weight is 229 g/mol. The number of nitrogens with one attached hydrogen (secondary N) is 1. The van der Waals surface area contributed by atoms with Crippen LogP contribution in [0.5, 0.6) is 0 Å². The number of nitrogens with two attached hydrogens (primary N) is 1. The van der Waals surface area contributed by atoms with Crippen molar-refractivity contribution in [2.45, 2.75) is 27.2 Å². The SMILES string of the molecule is CCC(C)CNc1c(C)nc(Cl)nc1N. The minimum Gasteiger partial charge on any atom is -0.382 e. The molecule has 84 valence electrons. The quantitative estimate of drug-likeness (QED) is 0.778. The smallest absolute Gasteiger partial charge is 0.224 e. The van der Waals surface area contributed by atoms with E-state index >= 15 is 0 Å². The first-order chi connectivity index (χ1) is 7.04. The van der Waals surface area contributed by atoms with Gasteiger partial charge in [-0.05, 0) is 24.4 Å². The molecule has 0 aromatic carbocycles. The number of aromatic nitrogens is 2. The lowest BCUT2D eigenvalue weighted by Gasteiger charge is -2.14. The van der Waals surface area contributed by atoms with Gasteiger partial charge in [-0.3, -0.25) is 0 Å². The molecule has 0 saturated carbocycles. The fourth-order valence-electron chi connectivity index (χ4n) is 1.20. The zero-order chi connectivity index (χ0) is 11.4. The predicted octanol–water partition coefficient (Wildman–Crippen LogP) is 2.48. The van der Waals surface area contributed by atoms with Gasteiger partial charge in [-0.2, -0.15) is 4.98 Å². The lowest BCUT2D eigenvalue weighted by atomic mass is 10.1. The number of nitrogen functional groups attached to an aromatic ring is 1. The summed E-state index contributed by atoms with van der Waals surface area (Å²) in [5.74, 6) is 1.01. The summed E-state index contributed by atoms with van der Waals surface area (Å²) in [7, 11) is 0. The highest BCUT2D eigenvalue weighted by Crippen LogP contribution is 2.21. The Balaban J connectivity index is 2.77.